The molecule has 0 saturated heterocycles. The minimum absolute atomic E-state index is 0.129. The molecule has 0 heterocycles. The van der Waals surface area contributed by atoms with Gasteiger partial charge in [0, 0.05) is 17.8 Å². The highest BCUT2D eigenvalue weighted by atomic mass is 32.2. The molecular weight excluding hydrogens is 286 g/mol. The number of benzene rings is 1. The second-order valence-electron chi connectivity index (χ2n) is 5.39. The lowest BCUT2D eigenvalue weighted by Crippen LogP contribution is -2.42. The molecule has 0 aliphatic heterocycles. The van der Waals surface area contributed by atoms with Crippen LogP contribution in [-0.4, -0.2) is 53.6 Å². The highest BCUT2D eigenvalue weighted by Gasteiger charge is 2.16. The normalized spacial score (nSPS) is 15.5. The number of nitrogens with one attached hydrogen (secondary N) is 1. The first-order valence-corrected chi connectivity index (χ1v) is 8.51. The summed E-state index contributed by atoms with van der Waals surface area (Å²) in [4.78, 5) is 0. The Labute approximate surface area is 131 Å². The third-order valence-electron chi connectivity index (χ3n) is 3.48. The molecule has 0 amide bonds. The van der Waals surface area contributed by atoms with E-state index in [1.165, 1.54) is 5.56 Å². The van der Waals surface area contributed by atoms with Gasteiger partial charge in [0.05, 0.1) is 6.61 Å². The quantitative estimate of drug-likeness (QED) is 0.648. The van der Waals surface area contributed by atoms with E-state index < -0.39 is 6.10 Å². The van der Waals surface area contributed by atoms with Crippen molar-refractivity contribution in [3.8, 4) is 5.75 Å². The molecule has 1 aromatic rings. The van der Waals surface area contributed by atoms with Crippen molar-refractivity contribution in [1.29, 1.82) is 0 Å². The number of hydrogen-bond donors (Lipinski definition) is 3. The third-order valence-corrected chi connectivity index (χ3v) is 4.64. The summed E-state index contributed by atoms with van der Waals surface area (Å²) in [7, 11) is 0. The minimum Gasteiger partial charge on any atom is -0.491 e. The monoisotopic (exact) mass is 313 g/mol. The predicted octanol–water partition coefficient (Wildman–Crippen LogP) is 1.75. The standard InChI is InChI=1S/C16H27NO3S/c1-11-5-6-15(12(2)7-11)20-10-14(19)8-17-13(3)16(9-18)21-4/h5-7,13-14,16-19H,8-10H2,1-4H3. The third kappa shape index (κ3) is 6.26. The van der Waals surface area contributed by atoms with E-state index in [1.807, 2.05) is 39.2 Å². The van der Waals surface area contributed by atoms with E-state index in [9.17, 15) is 10.2 Å². The largest absolute Gasteiger partial charge is 0.491 e. The highest BCUT2D eigenvalue weighted by molar-refractivity contribution is 7.99. The summed E-state index contributed by atoms with van der Waals surface area (Å²) >= 11 is 1.62. The average Bonchev–Trinajstić information content (AvgIpc) is 2.45. The van der Waals surface area contributed by atoms with E-state index in [4.69, 9.17) is 4.74 Å². The zero-order valence-electron chi connectivity index (χ0n) is 13.3. The molecule has 4 nitrogen and oxygen atoms in total. The molecule has 0 radical (unpaired) electrons. The Hall–Kier alpha value is -0.750. The van der Waals surface area contributed by atoms with Gasteiger partial charge in [-0.1, -0.05) is 17.7 Å². The molecule has 0 bridgehead atoms. The molecule has 3 unspecified atom stereocenters. The van der Waals surface area contributed by atoms with Crippen LogP contribution in [0.1, 0.15) is 18.1 Å². The Bertz CT molecular complexity index is 424. The lowest BCUT2D eigenvalue weighted by Gasteiger charge is -2.23. The van der Waals surface area contributed by atoms with E-state index in [-0.39, 0.29) is 24.5 Å². The lowest BCUT2D eigenvalue weighted by molar-refractivity contribution is 0.103. The van der Waals surface area contributed by atoms with Crippen molar-refractivity contribution < 1.29 is 14.9 Å². The van der Waals surface area contributed by atoms with Gasteiger partial charge in [-0.15, -0.1) is 0 Å². The Balaban J connectivity index is 2.35. The smallest absolute Gasteiger partial charge is 0.122 e. The topological polar surface area (TPSA) is 61.7 Å². The number of aryl methyl sites for hydroxylation is 2. The summed E-state index contributed by atoms with van der Waals surface area (Å²) in [5.74, 6) is 0.810. The van der Waals surface area contributed by atoms with Gasteiger partial charge in [0.25, 0.3) is 0 Å². The molecular formula is C16H27NO3S. The number of ether oxygens (including phenoxy) is 1. The Kier molecular flexibility index (Phi) is 8.11. The van der Waals surface area contributed by atoms with E-state index in [0.29, 0.717) is 6.54 Å². The van der Waals surface area contributed by atoms with Crippen LogP contribution in [0.2, 0.25) is 0 Å². The van der Waals surface area contributed by atoms with Crippen LogP contribution in [0.5, 0.6) is 5.75 Å². The summed E-state index contributed by atoms with van der Waals surface area (Å²) in [6, 6.07) is 6.13. The van der Waals surface area contributed by atoms with Crippen LogP contribution in [0.25, 0.3) is 0 Å². The maximum atomic E-state index is 9.98. The predicted molar refractivity (Wildman–Crippen MR) is 89.3 cm³/mol. The van der Waals surface area contributed by atoms with Crippen molar-refractivity contribution in [2.24, 2.45) is 0 Å². The first-order chi connectivity index (χ1) is 9.97. The van der Waals surface area contributed by atoms with Crippen molar-refractivity contribution in [2.75, 3.05) is 26.0 Å². The van der Waals surface area contributed by atoms with Gasteiger partial charge in [0.1, 0.15) is 18.5 Å². The minimum atomic E-state index is -0.575. The summed E-state index contributed by atoms with van der Waals surface area (Å²) in [6.45, 7) is 6.88. The molecule has 0 fully saturated rings. The molecule has 5 heteroatoms. The summed E-state index contributed by atoms with van der Waals surface area (Å²) in [6.07, 6.45) is 1.40. The molecule has 3 atom stereocenters. The number of hydrogen-bond acceptors (Lipinski definition) is 5. The van der Waals surface area contributed by atoms with Crippen LogP contribution in [0.15, 0.2) is 18.2 Å². The maximum Gasteiger partial charge on any atom is 0.122 e. The van der Waals surface area contributed by atoms with Crippen molar-refractivity contribution in [1.82, 2.24) is 5.32 Å². The van der Waals surface area contributed by atoms with Gasteiger partial charge >= 0.3 is 0 Å². The van der Waals surface area contributed by atoms with Gasteiger partial charge in [-0.2, -0.15) is 11.8 Å². The van der Waals surface area contributed by atoms with Crippen LogP contribution in [0, 0.1) is 13.8 Å². The zero-order chi connectivity index (χ0) is 15.8. The fraction of sp³-hybridized carbons (Fsp3) is 0.625. The van der Waals surface area contributed by atoms with Gasteiger partial charge in [0.2, 0.25) is 0 Å². The molecule has 0 aliphatic rings. The number of thioether (sulfide) groups is 1. The van der Waals surface area contributed by atoms with E-state index in [2.05, 4.69) is 11.4 Å². The van der Waals surface area contributed by atoms with Gasteiger partial charge in [-0.05, 0) is 38.7 Å². The van der Waals surface area contributed by atoms with Crippen molar-refractivity contribution in [2.45, 2.75) is 38.2 Å². The van der Waals surface area contributed by atoms with Gasteiger partial charge < -0.3 is 20.3 Å². The van der Waals surface area contributed by atoms with Gasteiger partial charge in [0.15, 0.2) is 0 Å². The first kappa shape index (κ1) is 18.3. The van der Waals surface area contributed by atoms with Crippen LogP contribution in [-0.2, 0) is 0 Å². The molecule has 0 aliphatic carbocycles. The average molecular weight is 313 g/mol. The molecule has 21 heavy (non-hydrogen) atoms. The Morgan fingerprint density at radius 2 is 2.05 bits per heavy atom. The maximum absolute atomic E-state index is 9.98. The van der Waals surface area contributed by atoms with Crippen molar-refractivity contribution in [3.63, 3.8) is 0 Å². The molecule has 0 aromatic heterocycles. The molecule has 0 saturated carbocycles. The fourth-order valence-corrected chi connectivity index (χ4v) is 2.75. The Morgan fingerprint density at radius 1 is 1.33 bits per heavy atom. The number of aliphatic hydroxyl groups is 2. The Morgan fingerprint density at radius 3 is 2.62 bits per heavy atom. The summed E-state index contributed by atoms with van der Waals surface area (Å²) in [5.41, 5.74) is 2.27. The van der Waals surface area contributed by atoms with Crippen LogP contribution in [0.4, 0.5) is 0 Å². The van der Waals surface area contributed by atoms with Crippen LogP contribution in [0.3, 0.4) is 0 Å². The number of rotatable bonds is 9. The van der Waals surface area contributed by atoms with Crippen molar-refractivity contribution >= 4 is 11.8 Å². The van der Waals surface area contributed by atoms with E-state index in [1.54, 1.807) is 11.8 Å². The molecule has 120 valence electrons. The van der Waals surface area contributed by atoms with Crippen LogP contribution < -0.4 is 10.1 Å². The molecule has 1 aromatic carbocycles. The van der Waals surface area contributed by atoms with E-state index >= 15 is 0 Å². The van der Waals surface area contributed by atoms with E-state index in [0.717, 1.165) is 11.3 Å². The molecule has 3 N–H and O–H groups in total. The second-order valence-corrected chi connectivity index (χ2v) is 6.46. The fourth-order valence-electron chi connectivity index (χ4n) is 2.10. The summed E-state index contributed by atoms with van der Waals surface area (Å²) in [5, 5.41) is 22.6. The number of aliphatic hydroxyl groups excluding tert-OH is 2. The van der Waals surface area contributed by atoms with Crippen LogP contribution >= 0.6 is 11.8 Å². The molecule has 1 rings (SSSR count). The lowest BCUT2D eigenvalue weighted by atomic mass is 10.1. The SMILES string of the molecule is CSC(CO)C(C)NCC(O)COc1ccc(C)cc1C. The molecule has 0 spiro atoms. The zero-order valence-corrected chi connectivity index (χ0v) is 14.1. The summed E-state index contributed by atoms with van der Waals surface area (Å²) < 4.78 is 5.65. The second kappa shape index (κ2) is 9.30. The highest BCUT2D eigenvalue weighted by Crippen LogP contribution is 2.18. The van der Waals surface area contributed by atoms with Gasteiger partial charge in [-0.25, -0.2) is 0 Å². The van der Waals surface area contributed by atoms with Crippen molar-refractivity contribution in [3.05, 3.63) is 29.3 Å². The first-order valence-electron chi connectivity index (χ1n) is 7.23. The van der Waals surface area contributed by atoms with Gasteiger partial charge in [-0.3, -0.25) is 0 Å².